The molecule has 1 aromatic carbocycles. The average molecular weight is 309 g/mol. The predicted molar refractivity (Wildman–Crippen MR) is 63.6 cm³/mol. The second kappa shape index (κ2) is 5.22. The van der Waals surface area contributed by atoms with E-state index in [4.69, 9.17) is 27.9 Å². The van der Waals surface area contributed by atoms with Gasteiger partial charge in [-0.25, -0.2) is 9.97 Å². The largest absolute Gasteiger partial charge is 0.437 e. The summed E-state index contributed by atoms with van der Waals surface area (Å²) < 4.78 is 42.8. The van der Waals surface area contributed by atoms with E-state index in [1.54, 1.807) is 0 Å². The highest BCUT2D eigenvalue weighted by atomic mass is 35.5. The van der Waals surface area contributed by atoms with Crippen molar-refractivity contribution in [2.75, 3.05) is 0 Å². The van der Waals surface area contributed by atoms with Crippen LogP contribution >= 0.6 is 23.2 Å². The van der Waals surface area contributed by atoms with Crippen molar-refractivity contribution in [1.82, 2.24) is 9.97 Å². The number of aromatic nitrogens is 2. The quantitative estimate of drug-likeness (QED) is 0.761. The van der Waals surface area contributed by atoms with Crippen LogP contribution in [0, 0.1) is 0 Å². The molecule has 1 aromatic heterocycles. The first-order valence-electron chi connectivity index (χ1n) is 4.88. The van der Waals surface area contributed by atoms with E-state index in [0.717, 1.165) is 24.5 Å². The minimum atomic E-state index is -4.48. The molecule has 100 valence electrons. The summed E-state index contributed by atoms with van der Waals surface area (Å²) in [4.78, 5) is 7.33. The second-order valence-corrected chi connectivity index (χ2v) is 4.22. The third kappa shape index (κ3) is 3.48. The number of ether oxygens (including phenoxy) is 1. The molecule has 0 spiro atoms. The predicted octanol–water partition coefficient (Wildman–Crippen LogP) is 4.59. The van der Waals surface area contributed by atoms with Crippen LogP contribution in [0.15, 0.2) is 30.6 Å². The normalized spacial score (nSPS) is 11.4. The van der Waals surface area contributed by atoms with Crippen molar-refractivity contribution in [3.05, 3.63) is 46.3 Å². The van der Waals surface area contributed by atoms with Gasteiger partial charge in [-0.2, -0.15) is 13.2 Å². The molecule has 3 nitrogen and oxygen atoms in total. The molecular formula is C11H5Cl2F3N2O. The van der Waals surface area contributed by atoms with Gasteiger partial charge in [0.2, 0.25) is 5.88 Å². The second-order valence-electron chi connectivity index (χ2n) is 3.42. The monoisotopic (exact) mass is 308 g/mol. The third-order valence-corrected chi connectivity index (χ3v) is 2.60. The molecule has 0 atom stereocenters. The van der Waals surface area contributed by atoms with Gasteiger partial charge < -0.3 is 4.74 Å². The molecule has 0 N–H and O–H groups in total. The number of halogens is 5. The first-order chi connectivity index (χ1) is 8.86. The van der Waals surface area contributed by atoms with Crippen molar-refractivity contribution in [1.29, 1.82) is 0 Å². The molecule has 0 saturated carbocycles. The van der Waals surface area contributed by atoms with Crippen LogP contribution in [0.1, 0.15) is 5.56 Å². The van der Waals surface area contributed by atoms with Crippen LogP contribution in [0.4, 0.5) is 13.2 Å². The molecule has 0 amide bonds. The van der Waals surface area contributed by atoms with Gasteiger partial charge in [0.25, 0.3) is 0 Å². The number of rotatable bonds is 2. The van der Waals surface area contributed by atoms with Gasteiger partial charge in [0.05, 0.1) is 10.6 Å². The Labute approximate surface area is 116 Å². The van der Waals surface area contributed by atoms with Crippen LogP contribution < -0.4 is 4.74 Å². The summed E-state index contributed by atoms with van der Waals surface area (Å²) in [5.74, 6) is -0.160. The van der Waals surface area contributed by atoms with Crippen molar-refractivity contribution in [3.8, 4) is 11.6 Å². The molecular weight excluding hydrogens is 304 g/mol. The summed E-state index contributed by atoms with van der Waals surface area (Å²) in [6.45, 7) is 0. The van der Waals surface area contributed by atoms with Crippen molar-refractivity contribution in [2.45, 2.75) is 6.18 Å². The number of nitrogens with zero attached hydrogens (tertiary/aromatic N) is 2. The number of alkyl halides is 3. The fraction of sp³-hybridized carbons (Fsp3) is 0.0909. The zero-order valence-electron chi connectivity index (χ0n) is 9.08. The van der Waals surface area contributed by atoms with Crippen molar-refractivity contribution < 1.29 is 17.9 Å². The van der Waals surface area contributed by atoms with E-state index in [0.29, 0.717) is 0 Å². The third-order valence-electron chi connectivity index (χ3n) is 2.08. The van der Waals surface area contributed by atoms with E-state index in [1.165, 1.54) is 6.07 Å². The molecule has 0 aliphatic carbocycles. The van der Waals surface area contributed by atoms with Gasteiger partial charge in [0.15, 0.2) is 0 Å². The van der Waals surface area contributed by atoms with E-state index in [-0.39, 0.29) is 21.8 Å². The van der Waals surface area contributed by atoms with E-state index in [9.17, 15) is 13.2 Å². The fourth-order valence-corrected chi connectivity index (χ4v) is 1.54. The van der Waals surface area contributed by atoms with Gasteiger partial charge in [-0.1, -0.05) is 23.2 Å². The lowest BCUT2D eigenvalue weighted by molar-refractivity contribution is -0.137. The van der Waals surface area contributed by atoms with Gasteiger partial charge in [0.1, 0.15) is 17.2 Å². The standard InChI is InChI=1S/C11H5Cl2F3N2O/c12-7-2-1-6(11(14,15)16)3-8(7)19-10-4-9(13)17-5-18-10/h1-5H. The molecule has 2 aromatic rings. The average Bonchev–Trinajstić information content (AvgIpc) is 2.30. The molecule has 0 fully saturated rings. The van der Waals surface area contributed by atoms with Crippen molar-refractivity contribution >= 4 is 23.2 Å². The molecule has 0 radical (unpaired) electrons. The maximum absolute atomic E-state index is 12.6. The van der Waals surface area contributed by atoms with Crippen molar-refractivity contribution in [2.24, 2.45) is 0 Å². The summed E-state index contributed by atoms with van der Waals surface area (Å²) >= 11 is 11.4. The summed E-state index contributed by atoms with van der Waals surface area (Å²) in [6.07, 6.45) is -3.36. The smallest absolute Gasteiger partial charge is 0.416 e. The fourth-order valence-electron chi connectivity index (χ4n) is 1.24. The van der Waals surface area contributed by atoms with Gasteiger partial charge in [-0.15, -0.1) is 0 Å². The highest BCUT2D eigenvalue weighted by Gasteiger charge is 2.31. The van der Waals surface area contributed by atoms with Crippen LogP contribution in [0.25, 0.3) is 0 Å². The van der Waals surface area contributed by atoms with Crippen LogP contribution in [-0.2, 0) is 6.18 Å². The molecule has 0 saturated heterocycles. The maximum atomic E-state index is 12.6. The molecule has 19 heavy (non-hydrogen) atoms. The van der Waals surface area contributed by atoms with Gasteiger partial charge in [-0.05, 0) is 18.2 Å². The Hall–Kier alpha value is -1.53. The molecule has 8 heteroatoms. The Kier molecular flexibility index (Phi) is 3.82. The SMILES string of the molecule is FC(F)(F)c1ccc(Cl)c(Oc2cc(Cl)ncn2)c1. The highest BCUT2D eigenvalue weighted by molar-refractivity contribution is 6.32. The van der Waals surface area contributed by atoms with Crippen LogP contribution in [0.5, 0.6) is 11.6 Å². The molecule has 0 aliphatic rings. The van der Waals surface area contributed by atoms with E-state index in [2.05, 4.69) is 9.97 Å². The molecule has 0 bridgehead atoms. The summed E-state index contributed by atoms with van der Waals surface area (Å²) in [7, 11) is 0. The summed E-state index contributed by atoms with van der Waals surface area (Å²) in [6, 6.07) is 4.02. The lowest BCUT2D eigenvalue weighted by atomic mass is 10.2. The van der Waals surface area contributed by atoms with Gasteiger partial charge in [0, 0.05) is 6.07 Å². The molecule has 0 unspecified atom stereocenters. The zero-order chi connectivity index (χ0) is 14.0. The van der Waals surface area contributed by atoms with E-state index < -0.39 is 11.7 Å². The first-order valence-corrected chi connectivity index (χ1v) is 5.64. The Morgan fingerprint density at radius 3 is 2.42 bits per heavy atom. The minimum Gasteiger partial charge on any atom is -0.437 e. The Morgan fingerprint density at radius 1 is 1.05 bits per heavy atom. The van der Waals surface area contributed by atoms with Gasteiger partial charge in [-0.3, -0.25) is 0 Å². The topological polar surface area (TPSA) is 35.0 Å². The molecule has 0 aliphatic heterocycles. The van der Waals surface area contributed by atoms with Crippen molar-refractivity contribution in [3.63, 3.8) is 0 Å². The lowest BCUT2D eigenvalue weighted by Crippen LogP contribution is -2.04. The molecule has 2 rings (SSSR count). The zero-order valence-corrected chi connectivity index (χ0v) is 10.6. The summed E-state index contributed by atoms with van der Waals surface area (Å²) in [5.41, 5.74) is -0.868. The Bertz CT molecular complexity index is 605. The molecule has 1 heterocycles. The van der Waals surface area contributed by atoms with Crippen LogP contribution in [-0.4, -0.2) is 9.97 Å². The van der Waals surface area contributed by atoms with Crippen LogP contribution in [0.2, 0.25) is 10.2 Å². The lowest BCUT2D eigenvalue weighted by Gasteiger charge is -2.10. The number of hydrogen-bond donors (Lipinski definition) is 0. The highest BCUT2D eigenvalue weighted by Crippen LogP contribution is 2.36. The van der Waals surface area contributed by atoms with E-state index >= 15 is 0 Å². The van der Waals surface area contributed by atoms with E-state index in [1.807, 2.05) is 0 Å². The Balaban J connectivity index is 2.34. The first kappa shape index (κ1) is 13.9. The van der Waals surface area contributed by atoms with Gasteiger partial charge >= 0.3 is 6.18 Å². The van der Waals surface area contributed by atoms with Crippen LogP contribution in [0.3, 0.4) is 0 Å². The number of benzene rings is 1. The number of hydrogen-bond acceptors (Lipinski definition) is 3. The minimum absolute atomic E-state index is 0.00113. The Morgan fingerprint density at radius 2 is 1.79 bits per heavy atom. The maximum Gasteiger partial charge on any atom is 0.416 e. The summed E-state index contributed by atoms with van der Waals surface area (Å²) in [5, 5.41) is 0.135.